The van der Waals surface area contributed by atoms with Crippen LogP contribution in [-0.2, 0) is 11.3 Å². The molecule has 0 spiro atoms. The van der Waals surface area contributed by atoms with Gasteiger partial charge in [0.15, 0.2) is 11.6 Å². The fourth-order valence-corrected chi connectivity index (χ4v) is 3.64. The number of aromatic nitrogens is 2. The second-order valence-corrected chi connectivity index (χ2v) is 7.40. The molecule has 4 rings (SSSR count). The minimum absolute atomic E-state index is 0.373. The predicted octanol–water partition coefficient (Wildman–Crippen LogP) is 2.91. The maximum absolute atomic E-state index is 11.6. The lowest BCUT2D eigenvalue weighted by atomic mass is 10.2. The summed E-state index contributed by atoms with van der Waals surface area (Å²) in [4.78, 5) is 25.0. The van der Waals surface area contributed by atoms with Crippen molar-refractivity contribution in [3.05, 3.63) is 72.1 Å². The van der Waals surface area contributed by atoms with E-state index in [2.05, 4.69) is 49.4 Å². The molecule has 0 unspecified atom stereocenters. The number of nitrogen functional groups attached to an aromatic ring is 1. The van der Waals surface area contributed by atoms with E-state index in [1.54, 1.807) is 24.3 Å². The van der Waals surface area contributed by atoms with Crippen LogP contribution in [0.4, 0.5) is 23.0 Å². The number of rotatable bonds is 6. The number of hydrogen-bond donors (Lipinski definition) is 2. The van der Waals surface area contributed by atoms with Gasteiger partial charge in [0.25, 0.3) is 0 Å². The van der Waals surface area contributed by atoms with Crippen molar-refractivity contribution in [3.63, 3.8) is 0 Å². The van der Waals surface area contributed by atoms with E-state index >= 15 is 0 Å². The zero-order chi connectivity index (χ0) is 21.6. The molecule has 1 fully saturated rings. The molecule has 160 valence electrons. The van der Waals surface area contributed by atoms with Crippen LogP contribution in [-0.4, -0.2) is 54.1 Å². The maximum Gasteiger partial charge on any atom is 0.337 e. The van der Waals surface area contributed by atoms with Gasteiger partial charge in [-0.25, -0.2) is 14.8 Å². The first-order valence-corrected chi connectivity index (χ1v) is 10.2. The molecule has 8 heteroatoms. The number of nitrogens with two attached hydrogens (primary N) is 1. The van der Waals surface area contributed by atoms with E-state index in [1.807, 2.05) is 6.07 Å². The highest BCUT2D eigenvalue weighted by molar-refractivity contribution is 5.90. The summed E-state index contributed by atoms with van der Waals surface area (Å²) >= 11 is 0. The Labute approximate surface area is 181 Å². The first kappa shape index (κ1) is 20.6. The number of hydrogen-bond acceptors (Lipinski definition) is 8. The third kappa shape index (κ3) is 4.92. The molecule has 2 heterocycles. The van der Waals surface area contributed by atoms with Crippen molar-refractivity contribution >= 4 is 29.0 Å². The number of methoxy groups -OCH3 is 1. The normalized spacial score (nSPS) is 14.3. The first-order chi connectivity index (χ1) is 15.1. The van der Waals surface area contributed by atoms with Crippen LogP contribution < -0.4 is 16.0 Å². The molecule has 8 nitrogen and oxygen atoms in total. The molecule has 1 saturated heterocycles. The van der Waals surface area contributed by atoms with Crippen molar-refractivity contribution in [3.8, 4) is 0 Å². The molecule has 2 aromatic carbocycles. The number of nitrogens with one attached hydrogen (secondary N) is 1. The van der Waals surface area contributed by atoms with Crippen molar-refractivity contribution in [1.29, 1.82) is 0 Å². The largest absolute Gasteiger partial charge is 0.465 e. The van der Waals surface area contributed by atoms with E-state index in [1.165, 1.54) is 19.0 Å². The van der Waals surface area contributed by atoms with E-state index < -0.39 is 0 Å². The van der Waals surface area contributed by atoms with Gasteiger partial charge in [-0.05, 0) is 29.8 Å². The van der Waals surface area contributed by atoms with E-state index in [9.17, 15) is 4.79 Å². The lowest BCUT2D eigenvalue weighted by molar-refractivity contribution is 0.0601. The van der Waals surface area contributed by atoms with Gasteiger partial charge >= 0.3 is 5.97 Å². The third-order valence-electron chi connectivity index (χ3n) is 5.35. The number of nitrogens with zero attached hydrogens (tertiary/aromatic N) is 4. The van der Waals surface area contributed by atoms with Gasteiger partial charge in [-0.1, -0.05) is 30.3 Å². The topological polar surface area (TPSA) is 96.6 Å². The first-order valence-electron chi connectivity index (χ1n) is 10.2. The van der Waals surface area contributed by atoms with Crippen molar-refractivity contribution in [2.45, 2.75) is 6.54 Å². The predicted molar refractivity (Wildman–Crippen MR) is 121 cm³/mol. The molecule has 1 aromatic heterocycles. The molecule has 3 aromatic rings. The summed E-state index contributed by atoms with van der Waals surface area (Å²) in [7, 11) is 1.36. The van der Waals surface area contributed by atoms with Crippen LogP contribution in [0.1, 0.15) is 15.9 Å². The summed E-state index contributed by atoms with van der Waals surface area (Å²) in [6.45, 7) is 4.52. The van der Waals surface area contributed by atoms with Crippen molar-refractivity contribution in [2.75, 3.05) is 49.2 Å². The molecule has 0 bridgehead atoms. The van der Waals surface area contributed by atoms with Gasteiger partial charge < -0.3 is 20.7 Å². The fraction of sp³-hybridized carbons (Fsp3) is 0.261. The minimum atomic E-state index is -0.373. The minimum Gasteiger partial charge on any atom is -0.465 e. The number of carbonyl (C=O) groups excluding carboxylic acids is 1. The zero-order valence-corrected chi connectivity index (χ0v) is 17.5. The van der Waals surface area contributed by atoms with Crippen LogP contribution in [0, 0.1) is 0 Å². The lowest BCUT2D eigenvalue weighted by Crippen LogP contribution is -2.46. The van der Waals surface area contributed by atoms with E-state index in [0.29, 0.717) is 17.1 Å². The number of carbonyl (C=O) groups is 1. The average molecular weight is 419 g/mol. The number of esters is 1. The number of benzene rings is 2. The highest BCUT2D eigenvalue weighted by Crippen LogP contribution is 2.29. The van der Waals surface area contributed by atoms with Crippen LogP contribution in [0.5, 0.6) is 0 Å². The van der Waals surface area contributed by atoms with E-state index in [4.69, 9.17) is 10.5 Å². The molecule has 0 amide bonds. The van der Waals surface area contributed by atoms with Gasteiger partial charge in [-0.15, -0.1) is 0 Å². The Kier molecular flexibility index (Phi) is 6.28. The van der Waals surface area contributed by atoms with Crippen molar-refractivity contribution < 1.29 is 9.53 Å². The molecule has 31 heavy (non-hydrogen) atoms. The Bertz CT molecular complexity index is 1020. The molecular weight excluding hydrogens is 392 g/mol. The molecule has 0 aliphatic carbocycles. The number of piperazine rings is 1. The van der Waals surface area contributed by atoms with Crippen LogP contribution in [0.3, 0.4) is 0 Å². The second kappa shape index (κ2) is 9.44. The van der Waals surface area contributed by atoms with Crippen molar-refractivity contribution in [1.82, 2.24) is 14.9 Å². The summed E-state index contributed by atoms with van der Waals surface area (Å²) < 4.78 is 4.73. The average Bonchev–Trinajstić information content (AvgIpc) is 2.82. The smallest absolute Gasteiger partial charge is 0.337 e. The summed E-state index contributed by atoms with van der Waals surface area (Å²) in [6, 6.07) is 17.5. The standard InChI is InChI=1S/C23H26N6O2/c1-31-23(30)18-7-9-19(10-8-18)27-21-20(24)22(26-16-25-21)29-13-11-28(12-14-29)15-17-5-3-2-4-6-17/h2-10,16H,11-15,24H2,1H3,(H,25,26,27). The molecular formula is C23H26N6O2. The summed E-state index contributed by atoms with van der Waals surface area (Å²) in [5, 5.41) is 3.21. The van der Waals surface area contributed by atoms with Crippen LogP contribution in [0.2, 0.25) is 0 Å². The molecule has 1 aliphatic rings. The monoisotopic (exact) mass is 418 g/mol. The van der Waals surface area contributed by atoms with Gasteiger partial charge in [0.1, 0.15) is 12.0 Å². The quantitative estimate of drug-likeness (QED) is 0.590. The molecule has 3 N–H and O–H groups in total. The Morgan fingerprint density at radius 2 is 1.74 bits per heavy atom. The molecule has 0 radical (unpaired) electrons. The molecule has 1 aliphatic heterocycles. The van der Waals surface area contributed by atoms with E-state index in [-0.39, 0.29) is 5.97 Å². The van der Waals surface area contributed by atoms with Crippen molar-refractivity contribution in [2.24, 2.45) is 0 Å². The van der Waals surface area contributed by atoms with Crippen LogP contribution in [0.25, 0.3) is 0 Å². The Morgan fingerprint density at radius 3 is 2.42 bits per heavy atom. The third-order valence-corrected chi connectivity index (χ3v) is 5.35. The summed E-state index contributed by atoms with van der Waals surface area (Å²) in [5.74, 6) is 0.910. The zero-order valence-electron chi connectivity index (χ0n) is 17.5. The van der Waals surface area contributed by atoms with Gasteiger partial charge in [0, 0.05) is 38.4 Å². The Morgan fingerprint density at radius 1 is 1.03 bits per heavy atom. The second-order valence-electron chi connectivity index (χ2n) is 7.40. The van der Waals surface area contributed by atoms with Gasteiger partial charge in [0.2, 0.25) is 0 Å². The Balaban J connectivity index is 1.40. The van der Waals surface area contributed by atoms with Gasteiger partial charge in [-0.2, -0.15) is 0 Å². The van der Waals surface area contributed by atoms with E-state index in [0.717, 1.165) is 44.2 Å². The highest BCUT2D eigenvalue weighted by atomic mass is 16.5. The molecule has 0 atom stereocenters. The lowest BCUT2D eigenvalue weighted by Gasteiger charge is -2.36. The van der Waals surface area contributed by atoms with Gasteiger partial charge in [0.05, 0.1) is 12.7 Å². The SMILES string of the molecule is COC(=O)c1ccc(Nc2ncnc(N3CCN(Cc4ccccc4)CC3)c2N)cc1. The maximum atomic E-state index is 11.6. The highest BCUT2D eigenvalue weighted by Gasteiger charge is 2.21. The fourth-order valence-electron chi connectivity index (χ4n) is 3.64. The van der Waals surface area contributed by atoms with Crippen LogP contribution in [0.15, 0.2) is 60.9 Å². The summed E-state index contributed by atoms with van der Waals surface area (Å²) in [5.41, 5.74) is 9.49. The number of ether oxygens (including phenoxy) is 1. The van der Waals surface area contributed by atoms with Crippen LogP contribution >= 0.6 is 0 Å². The molecule has 0 saturated carbocycles. The van der Waals surface area contributed by atoms with Gasteiger partial charge in [-0.3, -0.25) is 4.90 Å². The number of anilines is 4. The Hall–Kier alpha value is -3.65. The summed E-state index contributed by atoms with van der Waals surface area (Å²) in [6.07, 6.45) is 1.52.